The SMILES string of the molecule is Cc1nc(N2CC(n3cc(N4CCCC4=O)cn3)C2)c2cccnc2n1. The van der Waals surface area contributed by atoms with Crippen LogP contribution < -0.4 is 9.80 Å². The van der Waals surface area contributed by atoms with Gasteiger partial charge in [-0.05, 0) is 25.5 Å². The number of hydrogen-bond donors (Lipinski definition) is 0. The molecule has 0 spiro atoms. The zero-order chi connectivity index (χ0) is 17.7. The predicted molar refractivity (Wildman–Crippen MR) is 97.1 cm³/mol. The van der Waals surface area contributed by atoms with Gasteiger partial charge in [-0.15, -0.1) is 0 Å². The van der Waals surface area contributed by atoms with Crippen LogP contribution in [0.2, 0.25) is 0 Å². The van der Waals surface area contributed by atoms with E-state index in [1.807, 2.05) is 34.8 Å². The smallest absolute Gasteiger partial charge is 0.227 e. The fourth-order valence-corrected chi connectivity index (χ4v) is 3.68. The predicted octanol–water partition coefficient (Wildman–Crippen LogP) is 1.72. The van der Waals surface area contributed by atoms with Crippen LogP contribution in [-0.4, -0.2) is 50.3 Å². The van der Waals surface area contributed by atoms with E-state index in [-0.39, 0.29) is 11.9 Å². The molecule has 3 aromatic rings. The summed E-state index contributed by atoms with van der Waals surface area (Å²) < 4.78 is 1.96. The summed E-state index contributed by atoms with van der Waals surface area (Å²) in [4.78, 5) is 29.3. The molecule has 0 saturated carbocycles. The Balaban J connectivity index is 1.35. The van der Waals surface area contributed by atoms with Crippen molar-refractivity contribution in [3.63, 3.8) is 0 Å². The lowest BCUT2D eigenvalue weighted by Crippen LogP contribution is -2.48. The van der Waals surface area contributed by atoms with Crippen LogP contribution >= 0.6 is 0 Å². The van der Waals surface area contributed by atoms with Gasteiger partial charge in [0.05, 0.1) is 23.3 Å². The number of rotatable bonds is 3. The van der Waals surface area contributed by atoms with E-state index in [0.29, 0.717) is 6.42 Å². The number of aromatic nitrogens is 5. The molecule has 132 valence electrons. The van der Waals surface area contributed by atoms with Crippen molar-refractivity contribution in [2.45, 2.75) is 25.8 Å². The van der Waals surface area contributed by atoms with Crippen molar-refractivity contribution >= 4 is 28.4 Å². The minimum atomic E-state index is 0.190. The molecule has 2 fully saturated rings. The Kier molecular flexibility index (Phi) is 3.37. The monoisotopic (exact) mass is 349 g/mol. The molecule has 3 aromatic heterocycles. The van der Waals surface area contributed by atoms with E-state index in [1.54, 1.807) is 12.4 Å². The summed E-state index contributed by atoms with van der Waals surface area (Å²) in [6.45, 7) is 4.34. The molecule has 0 unspecified atom stereocenters. The first-order valence-electron chi connectivity index (χ1n) is 8.88. The van der Waals surface area contributed by atoms with Crippen LogP contribution in [0.4, 0.5) is 11.5 Å². The van der Waals surface area contributed by atoms with Crippen LogP contribution in [0.5, 0.6) is 0 Å². The molecule has 26 heavy (non-hydrogen) atoms. The highest BCUT2D eigenvalue weighted by molar-refractivity contribution is 5.95. The molecule has 5 rings (SSSR count). The van der Waals surface area contributed by atoms with Crippen molar-refractivity contribution in [1.29, 1.82) is 0 Å². The van der Waals surface area contributed by atoms with Gasteiger partial charge < -0.3 is 9.80 Å². The Morgan fingerprint density at radius 2 is 2.12 bits per heavy atom. The van der Waals surface area contributed by atoms with Gasteiger partial charge >= 0.3 is 0 Å². The molecule has 1 amide bonds. The molecule has 0 bridgehead atoms. The second kappa shape index (κ2) is 5.76. The third-order valence-corrected chi connectivity index (χ3v) is 5.07. The van der Waals surface area contributed by atoms with Crippen LogP contribution in [0.25, 0.3) is 11.0 Å². The molecule has 0 N–H and O–H groups in total. The number of nitrogens with zero attached hydrogens (tertiary/aromatic N) is 7. The average molecular weight is 349 g/mol. The quantitative estimate of drug-likeness (QED) is 0.716. The van der Waals surface area contributed by atoms with Crippen molar-refractivity contribution in [3.8, 4) is 0 Å². The molecular formula is C18H19N7O. The van der Waals surface area contributed by atoms with E-state index in [0.717, 1.165) is 54.4 Å². The molecular weight excluding hydrogens is 330 g/mol. The summed E-state index contributed by atoms with van der Waals surface area (Å²) in [5, 5.41) is 5.45. The summed E-state index contributed by atoms with van der Waals surface area (Å²) in [6, 6.07) is 4.20. The van der Waals surface area contributed by atoms with E-state index in [9.17, 15) is 4.79 Å². The van der Waals surface area contributed by atoms with Crippen LogP contribution in [0, 0.1) is 6.92 Å². The molecule has 2 aliphatic heterocycles. The third-order valence-electron chi connectivity index (χ3n) is 5.07. The van der Waals surface area contributed by atoms with Crippen molar-refractivity contribution in [3.05, 3.63) is 36.5 Å². The third kappa shape index (κ3) is 2.40. The van der Waals surface area contributed by atoms with E-state index >= 15 is 0 Å². The Morgan fingerprint density at radius 3 is 2.92 bits per heavy atom. The van der Waals surface area contributed by atoms with Gasteiger partial charge in [0.2, 0.25) is 5.91 Å². The second-order valence-electron chi connectivity index (χ2n) is 6.86. The summed E-state index contributed by atoms with van der Waals surface area (Å²) in [7, 11) is 0. The highest BCUT2D eigenvalue weighted by Gasteiger charge is 2.32. The fourth-order valence-electron chi connectivity index (χ4n) is 3.68. The molecule has 0 radical (unpaired) electrons. The van der Waals surface area contributed by atoms with Gasteiger partial charge in [-0.25, -0.2) is 15.0 Å². The molecule has 0 aliphatic carbocycles. The molecule has 8 nitrogen and oxygen atoms in total. The molecule has 8 heteroatoms. The average Bonchev–Trinajstić information content (AvgIpc) is 3.22. The standard InChI is InChI=1S/C18H19N7O/c1-12-21-17-15(4-2-6-19-17)18(22-12)23-9-14(10-23)25-11-13(8-20-25)24-7-3-5-16(24)26/h2,4,6,8,11,14H,3,5,7,9-10H2,1H3. The van der Waals surface area contributed by atoms with E-state index in [4.69, 9.17) is 0 Å². The Morgan fingerprint density at radius 1 is 1.23 bits per heavy atom. The zero-order valence-corrected chi connectivity index (χ0v) is 14.5. The normalized spacial score (nSPS) is 18.0. The fraction of sp³-hybridized carbons (Fsp3) is 0.389. The molecule has 2 saturated heterocycles. The molecule has 2 aliphatic rings. The first-order valence-corrected chi connectivity index (χ1v) is 8.88. The number of carbonyl (C=O) groups is 1. The van der Waals surface area contributed by atoms with Crippen molar-refractivity contribution in [1.82, 2.24) is 24.7 Å². The summed E-state index contributed by atoms with van der Waals surface area (Å²) >= 11 is 0. The summed E-state index contributed by atoms with van der Waals surface area (Å²) in [5.74, 6) is 1.85. The minimum absolute atomic E-state index is 0.190. The molecule has 0 aromatic carbocycles. The highest BCUT2D eigenvalue weighted by atomic mass is 16.2. The maximum Gasteiger partial charge on any atom is 0.227 e. The lowest BCUT2D eigenvalue weighted by Gasteiger charge is -2.40. The van der Waals surface area contributed by atoms with Gasteiger partial charge in [-0.2, -0.15) is 5.10 Å². The Hall–Kier alpha value is -3.03. The maximum atomic E-state index is 11.9. The lowest BCUT2D eigenvalue weighted by atomic mass is 10.1. The number of amides is 1. The number of carbonyl (C=O) groups excluding carboxylic acids is 1. The number of anilines is 2. The first kappa shape index (κ1) is 15.2. The van der Waals surface area contributed by atoms with Crippen LogP contribution in [0.15, 0.2) is 30.7 Å². The van der Waals surface area contributed by atoms with E-state index in [2.05, 4.69) is 25.0 Å². The van der Waals surface area contributed by atoms with E-state index < -0.39 is 0 Å². The zero-order valence-electron chi connectivity index (χ0n) is 14.5. The maximum absolute atomic E-state index is 11.9. The highest BCUT2D eigenvalue weighted by Crippen LogP contribution is 2.31. The lowest BCUT2D eigenvalue weighted by molar-refractivity contribution is -0.117. The van der Waals surface area contributed by atoms with E-state index in [1.165, 1.54) is 0 Å². The summed E-state index contributed by atoms with van der Waals surface area (Å²) in [5.41, 5.74) is 1.63. The van der Waals surface area contributed by atoms with Gasteiger partial charge in [0.25, 0.3) is 0 Å². The Labute approximate surface area is 150 Å². The van der Waals surface area contributed by atoms with Crippen LogP contribution in [-0.2, 0) is 4.79 Å². The van der Waals surface area contributed by atoms with Gasteiger partial charge in [0.15, 0.2) is 5.65 Å². The largest absolute Gasteiger partial charge is 0.352 e. The number of pyridine rings is 1. The van der Waals surface area contributed by atoms with Crippen LogP contribution in [0.3, 0.4) is 0 Å². The van der Waals surface area contributed by atoms with Gasteiger partial charge in [-0.3, -0.25) is 9.48 Å². The van der Waals surface area contributed by atoms with Gasteiger partial charge in [0, 0.05) is 38.4 Å². The summed E-state index contributed by atoms with van der Waals surface area (Å²) in [6.07, 6.45) is 7.09. The van der Waals surface area contributed by atoms with Crippen molar-refractivity contribution in [2.24, 2.45) is 0 Å². The number of aryl methyl sites for hydroxylation is 1. The number of hydrogen-bond acceptors (Lipinski definition) is 6. The topological polar surface area (TPSA) is 80.0 Å². The van der Waals surface area contributed by atoms with Crippen molar-refractivity contribution < 1.29 is 4.79 Å². The van der Waals surface area contributed by atoms with Gasteiger partial charge in [-0.1, -0.05) is 0 Å². The Bertz CT molecular complexity index is 992. The second-order valence-corrected chi connectivity index (χ2v) is 6.86. The van der Waals surface area contributed by atoms with Crippen LogP contribution in [0.1, 0.15) is 24.7 Å². The van der Waals surface area contributed by atoms with Gasteiger partial charge in [0.1, 0.15) is 11.6 Å². The molecule has 0 atom stereocenters. The van der Waals surface area contributed by atoms with Crippen molar-refractivity contribution in [2.75, 3.05) is 29.4 Å². The first-order chi connectivity index (χ1) is 12.7. The number of fused-ring (bicyclic) bond motifs is 1. The molecule has 5 heterocycles. The minimum Gasteiger partial charge on any atom is -0.352 e.